The van der Waals surface area contributed by atoms with Gasteiger partial charge in [0.25, 0.3) is 0 Å². The average molecular weight is 238 g/mol. The van der Waals surface area contributed by atoms with Crippen LogP contribution >= 0.6 is 0 Å². The number of nitrogens with one attached hydrogen (secondary N) is 1. The highest BCUT2D eigenvalue weighted by atomic mass is 15.6. The molecule has 1 aromatic heterocycles. The van der Waals surface area contributed by atoms with E-state index in [0.717, 1.165) is 44.5 Å². The normalized spacial score (nSPS) is 17.3. The first-order valence-electron chi connectivity index (χ1n) is 6.49. The van der Waals surface area contributed by atoms with Crippen molar-refractivity contribution in [1.82, 2.24) is 25.5 Å². The van der Waals surface area contributed by atoms with Gasteiger partial charge in [0.2, 0.25) is 5.95 Å². The largest absolute Gasteiger partial charge is 0.339 e. The third kappa shape index (κ3) is 3.15. The van der Waals surface area contributed by atoms with E-state index in [-0.39, 0.29) is 0 Å². The first kappa shape index (κ1) is 12.3. The van der Waals surface area contributed by atoms with Crippen LogP contribution < -0.4 is 10.2 Å². The van der Waals surface area contributed by atoms with Crippen molar-refractivity contribution in [3.63, 3.8) is 0 Å². The Morgan fingerprint density at radius 1 is 1.41 bits per heavy atom. The molecule has 2 rings (SSSR count). The quantitative estimate of drug-likeness (QED) is 0.806. The predicted octanol–water partition coefficient (Wildman–Crippen LogP) is 0.426. The van der Waals surface area contributed by atoms with E-state index in [2.05, 4.69) is 32.7 Å². The highest BCUT2D eigenvalue weighted by Crippen LogP contribution is 2.17. The second-order valence-electron chi connectivity index (χ2n) is 4.74. The lowest BCUT2D eigenvalue weighted by atomic mass is 9.97. The van der Waals surface area contributed by atoms with Crippen LogP contribution in [0.25, 0.3) is 0 Å². The molecule has 6 heteroatoms. The van der Waals surface area contributed by atoms with E-state index < -0.39 is 0 Å². The van der Waals surface area contributed by atoms with Crippen molar-refractivity contribution in [2.24, 2.45) is 13.0 Å². The maximum absolute atomic E-state index is 4.11. The number of piperidine rings is 1. The first-order valence-corrected chi connectivity index (χ1v) is 6.49. The van der Waals surface area contributed by atoms with Gasteiger partial charge in [0.15, 0.2) is 0 Å². The summed E-state index contributed by atoms with van der Waals surface area (Å²) in [6.45, 7) is 6.57. The van der Waals surface area contributed by atoms with Gasteiger partial charge in [0.05, 0.1) is 0 Å². The smallest absolute Gasteiger partial charge is 0.245 e. The Kier molecular flexibility index (Phi) is 4.30. The van der Waals surface area contributed by atoms with Gasteiger partial charge < -0.3 is 10.2 Å². The summed E-state index contributed by atoms with van der Waals surface area (Å²) in [6, 6.07) is 0. The van der Waals surface area contributed by atoms with Gasteiger partial charge in [-0.05, 0) is 48.7 Å². The van der Waals surface area contributed by atoms with Gasteiger partial charge in [-0.1, -0.05) is 12.0 Å². The Morgan fingerprint density at radius 2 is 2.18 bits per heavy atom. The first-order chi connectivity index (χ1) is 8.31. The zero-order chi connectivity index (χ0) is 12.1. The Hall–Kier alpha value is -1.17. The number of aromatic nitrogens is 4. The predicted molar refractivity (Wildman–Crippen MR) is 66.9 cm³/mol. The number of anilines is 1. The zero-order valence-corrected chi connectivity index (χ0v) is 10.8. The van der Waals surface area contributed by atoms with Crippen LogP contribution in [0.4, 0.5) is 5.95 Å². The Morgan fingerprint density at radius 3 is 2.76 bits per heavy atom. The van der Waals surface area contributed by atoms with Crippen LogP contribution in [0.1, 0.15) is 26.2 Å². The van der Waals surface area contributed by atoms with Crippen LogP contribution in [0.5, 0.6) is 0 Å². The summed E-state index contributed by atoms with van der Waals surface area (Å²) in [6.07, 6.45) is 3.63. The molecule has 1 N–H and O–H groups in total. The zero-order valence-electron chi connectivity index (χ0n) is 10.8. The average Bonchev–Trinajstić information content (AvgIpc) is 2.76. The lowest BCUT2D eigenvalue weighted by molar-refractivity contribution is 0.371. The molecule has 0 unspecified atom stereocenters. The topological polar surface area (TPSA) is 58.9 Å². The Balaban J connectivity index is 1.99. The number of hydrogen-bond donors (Lipinski definition) is 1. The molecule has 17 heavy (non-hydrogen) atoms. The molecule has 6 nitrogen and oxygen atoms in total. The molecule has 0 aliphatic carbocycles. The van der Waals surface area contributed by atoms with E-state index in [9.17, 15) is 0 Å². The monoisotopic (exact) mass is 238 g/mol. The molecule has 0 spiro atoms. The summed E-state index contributed by atoms with van der Waals surface area (Å²) in [5, 5.41) is 15.2. The molecular weight excluding hydrogens is 216 g/mol. The summed E-state index contributed by atoms with van der Waals surface area (Å²) >= 11 is 0. The second kappa shape index (κ2) is 5.95. The van der Waals surface area contributed by atoms with Gasteiger partial charge in [-0.2, -0.15) is 0 Å². The van der Waals surface area contributed by atoms with Crippen molar-refractivity contribution in [3.8, 4) is 0 Å². The minimum atomic E-state index is 0.763. The SMILES string of the molecule is CCCN(CC1CCNCC1)c1nnnn1C. The number of aryl methyl sites for hydroxylation is 1. The molecule has 1 saturated heterocycles. The molecule has 0 radical (unpaired) electrons. The third-order valence-electron chi connectivity index (χ3n) is 3.31. The van der Waals surface area contributed by atoms with E-state index >= 15 is 0 Å². The van der Waals surface area contributed by atoms with E-state index in [1.165, 1.54) is 12.8 Å². The molecule has 0 saturated carbocycles. The molecule has 1 fully saturated rings. The fourth-order valence-electron chi connectivity index (χ4n) is 2.41. The fourth-order valence-corrected chi connectivity index (χ4v) is 2.41. The van der Waals surface area contributed by atoms with E-state index in [0.29, 0.717) is 0 Å². The summed E-state index contributed by atoms with van der Waals surface area (Å²) in [5.41, 5.74) is 0. The molecule has 0 atom stereocenters. The summed E-state index contributed by atoms with van der Waals surface area (Å²) < 4.78 is 1.76. The molecule has 0 bridgehead atoms. The number of rotatable bonds is 5. The van der Waals surface area contributed by atoms with Crippen molar-refractivity contribution in [2.45, 2.75) is 26.2 Å². The van der Waals surface area contributed by atoms with Gasteiger partial charge in [-0.25, -0.2) is 4.68 Å². The van der Waals surface area contributed by atoms with Gasteiger partial charge in [0, 0.05) is 20.1 Å². The van der Waals surface area contributed by atoms with Crippen LogP contribution in [-0.2, 0) is 7.05 Å². The lowest BCUT2D eigenvalue weighted by Crippen LogP contribution is -2.37. The number of nitrogens with zero attached hydrogens (tertiary/aromatic N) is 5. The molecule has 2 heterocycles. The van der Waals surface area contributed by atoms with Crippen molar-refractivity contribution in [3.05, 3.63) is 0 Å². The highest BCUT2D eigenvalue weighted by Gasteiger charge is 2.19. The van der Waals surface area contributed by atoms with E-state index in [1.807, 2.05) is 7.05 Å². The molecule has 1 aliphatic heterocycles. The minimum absolute atomic E-state index is 0.763. The lowest BCUT2D eigenvalue weighted by Gasteiger charge is -2.29. The van der Waals surface area contributed by atoms with Crippen LogP contribution in [0, 0.1) is 5.92 Å². The van der Waals surface area contributed by atoms with Gasteiger partial charge in [-0.3, -0.25) is 0 Å². The number of hydrogen-bond acceptors (Lipinski definition) is 5. The standard InChI is InChI=1S/C11H22N6/c1-3-8-17(11-13-14-15-16(11)2)9-10-4-6-12-7-5-10/h10,12H,3-9H2,1-2H3. The van der Waals surface area contributed by atoms with Crippen LogP contribution in [0.2, 0.25) is 0 Å². The van der Waals surface area contributed by atoms with Crippen molar-refractivity contribution >= 4 is 5.95 Å². The summed E-state index contributed by atoms with van der Waals surface area (Å²) in [4.78, 5) is 2.32. The minimum Gasteiger partial charge on any atom is -0.339 e. The van der Waals surface area contributed by atoms with Crippen LogP contribution in [-0.4, -0.2) is 46.4 Å². The molecule has 1 aliphatic rings. The van der Waals surface area contributed by atoms with Crippen LogP contribution in [0.15, 0.2) is 0 Å². The third-order valence-corrected chi connectivity index (χ3v) is 3.31. The number of tetrazole rings is 1. The van der Waals surface area contributed by atoms with E-state index in [4.69, 9.17) is 0 Å². The van der Waals surface area contributed by atoms with Gasteiger partial charge in [0.1, 0.15) is 0 Å². The van der Waals surface area contributed by atoms with Gasteiger partial charge in [-0.15, -0.1) is 0 Å². The molecular formula is C11H22N6. The summed E-state index contributed by atoms with van der Waals surface area (Å²) in [5.74, 6) is 1.66. The highest BCUT2D eigenvalue weighted by molar-refractivity contribution is 5.27. The fraction of sp³-hybridized carbons (Fsp3) is 0.909. The molecule has 96 valence electrons. The van der Waals surface area contributed by atoms with Crippen LogP contribution in [0.3, 0.4) is 0 Å². The Bertz CT molecular complexity index is 330. The maximum Gasteiger partial charge on any atom is 0.245 e. The molecule has 0 aromatic carbocycles. The van der Waals surface area contributed by atoms with Crippen molar-refractivity contribution < 1.29 is 0 Å². The van der Waals surface area contributed by atoms with E-state index in [1.54, 1.807) is 4.68 Å². The second-order valence-corrected chi connectivity index (χ2v) is 4.74. The Labute approximate surface area is 102 Å². The van der Waals surface area contributed by atoms with Gasteiger partial charge >= 0.3 is 0 Å². The van der Waals surface area contributed by atoms with Crippen molar-refractivity contribution in [2.75, 3.05) is 31.1 Å². The van der Waals surface area contributed by atoms with Crippen molar-refractivity contribution in [1.29, 1.82) is 0 Å². The summed E-state index contributed by atoms with van der Waals surface area (Å²) in [7, 11) is 1.90. The molecule has 1 aromatic rings. The molecule has 0 amide bonds. The maximum atomic E-state index is 4.11.